The molecule has 23 heavy (non-hydrogen) atoms. The van der Waals surface area contributed by atoms with Gasteiger partial charge in [-0.15, -0.1) is 0 Å². The van der Waals surface area contributed by atoms with Crippen molar-refractivity contribution in [3.8, 4) is 0 Å². The average molecular weight is 314 g/mol. The van der Waals surface area contributed by atoms with Crippen LogP contribution in [0.15, 0.2) is 60.7 Å². The van der Waals surface area contributed by atoms with Crippen LogP contribution in [0.4, 0.5) is 15.8 Å². The number of unbranched alkanes of at least 4 members (excludes halogenated alkanes) is 2. The lowest BCUT2D eigenvalue weighted by Crippen LogP contribution is -2.51. The van der Waals surface area contributed by atoms with Gasteiger partial charge >= 0.3 is 0 Å². The van der Waals surface area contributed by atoms with E-state index in [0.717, 1.165) is 43.6 Å². The zero-order valence-electron chi connectivity index (χ0n) is 14.4. The smallest absolute Gasteiger partial charge is 0.230 e. The average Bonchev–Trinajstić information content (AvgIpc) is 2.61. The Hall–Kier alpha value is -1.67. The van der Waals surface area contributed by atoms with E-state index in [-0.39, 0.29) is 0 Å². The summed E-state index contributed by atoms with van der Waals surface area (Å²) in [5, 5.41) is 0. The van der Waals surface area contributed by atoms with Crippen molar-refractivity contribution in [2.24, 2.45) is 0 Å². The van der Waals surface area contributed by atoms with Crippen LogP contribution < -0.4 is 4.48 Å². The second-order valence-corrected chi connectivity index (χ2v) is 6.19. The SMILES string of the molecule is CCCCCC(F)[N+](CCC)(c1ccccc1)c1ccccc1. The highest BCUT2D eigenvalue weighted by atomic mass is 19.1. The van der Waals surface area contributed by atoms with Crippen LogP contribution in [0.3, 0.4) is 0 Å². The van der Waals surface area contributed by atoms with E-state index >= 15 is 4.39 Å². The molecule has 0 heterocycles. The molecule has 0 saturated carbocycles. The molecular weight excluding hydrogens is 285 g/mol. The number of nitrogens with zero attached hydrogens (tertiary/aromatic N) is 1. The largest absolute Gasteiger partial charge is 0.241 e. The molecule has 0 spiro atoms. The summed E-state index contributed by atoms with van der Waals surface area (Å²) in [6.07, 6.45) is 3.80. The van der Waals surface area contributed by atoms with Crippen molar-refractivity contribution >= 4 is 11.4 Å². The van der Waals surface area contributed by atoms with Gasteiger partial charge in [-0.05, 0) is 37.1 Å². The third kappa shape index (κ3) is 4.00. The van der Waals surface area contributed by atoms with Crippen LogP contribution >= 0.6 is 0 Å². The summed E-state index contributed by atoms with van der Waals surface area (Å²) in [5.74, 6) is 0. The Morgan fingerprint density at radius 1 is 0.783 bits per heavy atom. The molecule has 1 nitrogen and oxygen atoms in total. The summed E-state index contributed by atoms with van der Waals surface area (Å²) < 4.78 is 15.9. The van der Waals surface area contributed by atoms with Crippen LogP contribution in [0.1, 0.15) is 46.0 Å². The van der Waals surface area contributed by atoms with Gasteiger partial charge in [0.2, 0.25) is 6.30 Å². The molecule has 0 saturated heterocycles. The van der Waals surface area contributed by atoms with Crippen molar-refractivity contribution in [3.63, 3.8) is 0 Å². The molecule has 0 amide bonds. The molecule has 0 aliphatic heterocycles. The fourth-order valence-electron chi connectivity index (χ4n) is 3.39. The minimum absolute atomic E-state index is 0.307. The first-order valence-corrected chi connectivity index (χ1v) is 8.88. The Labute approximate surface area is 140 Å². The highest BCUT2D eigenvalue weighted by Gasteiger charge is 2.40. The van der Waals surface area contributed by atoms with Gasteiger partial charge in [0.15, 0.2) is 0 Å². The maximum absolute atomic E-state index is 15.6. The summed E-state index contributed by atoms with van der Waals surface area (Å²) in [6, 6.07) is 20.3. The van der Waals surface area contributed by atoms with Crippen molar-refractivity contribution in [2.75, 3.05) is 6.54 Å². The third-order valence-corrected chi connectivity index (χ3v) is 4.53. The summed E-state index contributed by atoms with van der Waals surface area (Å²) in [7, 11) is 0. The number of rotatable bonds is 9. The molecule has 0 fully saturated rings. The van der Waals surface area contributed by atoms with E-state index in [2.05, 4.69) is 38.1 Å². The summed E-state index contributed by atoms with van der Waals surface area (Å²) in [5.41, 5.74) is 2.09. The topological polar surface area (TPSA) is 0 Å². The first-order chi connectivity index (χ1) is 11.3. The number of quaternary nitrogens is 1. The van der Waals surface area contributed by atoms with Crippen molar-refractivity contribution in [3.05, 3.63) is 60.7 Å². The molecule has 0 bridgehead atoms. The number of benzene rings is 2. The fraction of sp³-hybridized carbons (Fsp3) is 0.429. The van der Waals surface area contributed by atoms with E-state index in [0.29, 0.717) is 10.9 Å². The number of halogens is 1. The van der Waals surface area contributed by atoms with Gasteiger partial charge < -0.3 is 0 Å². The Morgan fingerprint density at radius 3 is 1.74 bits per heavy atom. The normalized spacial score (nSPS) is 13.0. The first-order valence-electron chi connectivity index (χ1n) is 8.88. The van der Waals surface area contributed by atoms with Crippen LogP contribution in [0.2, 0.25) is 0 Å². The number of para-hydroxylation sites is 2. The predicted molar refractivity (Wildman–Crippen MR) is 98.5 cm³/mol. The highest BCUT2D eigenvalue weighted by Crippen LogP contribution is 2.39. The van der Waals surface area contributed by atoms with Crippen LogP contribution in [-0.2, 0) is 0 Å². The van der Waals surface area contributed by atoms with Crippen molar-refractivity contribution < 1.29 is 4.39 Å². The molecule has 0 aliphatic carbocycles. The van der Waals surface area contributed by atoms with Gasteiger partial charge in [-0.3, -0.25) is 0 Å². The van der Waals surface area contributed by atoms with Crippen LogP contribution in [0.25, 0.3) is 0 Å². The van der Waals surface area contributed by atoms with Gasteiger partial charge in [0.05, 0.1) is 6.54 Å². The predicted octanol–water partition coefficient (Wildman–Crippen LogP) is 6.61. The fourth-order valence-corrected chi connectivity index (χ4v) is 3.39. The van der Waals surface area contributed by atoms with Gasteiger partial charge in [-0.1, -0.05) is 63.1 Å². The molecule has 1 unspecified atom stereocenters. The Morgan fingerprint density at radius 2 is 1.30 bits per heavy atom. The molecule has 124 valence electrons. The molecule has 0 N–H and O–H groups in total. The standard InChI is InChI=1S/C21H29FN/c1-3-5-8-17-21(22)23(18-4-2,19-13-9-6-10-14-19)20-15-11-7-12-16-20/h6-7,9-16,21H,3-5,8,17-18H2,1-2H3/q+1. The number of hydrogen-bond acceptors (Lipinski definition) is 0. The molecule has 2 rings (SSSR count). The first kappa shape index (κ1) is 17.7. The minimum atomic E-state index is -0.911. The molecule has 0 radical (unpaired) electrons. The second kappa shape index (κ2) is 8.83. The van der Waals surface area contributed by atoms with Gasteiger partial charge in [0, 0.05) is 6.42 Å². The third-order valence-electron chi connectivity index (χ3n) is 4.53. The zero-order chi connectivity index (χ0) is 16.5. The lowest BCUT2D eigenvalue weighted by Gasteiger charge is -2.40. The molecule has 1 atom stereocenters. The lowest BCUT2D eigenvalue weighted by molar-refractivity contribution is 0.128. The number of alkyl halides is 1. The van der Waals surface area contributed by atoms with E-state index < -0.39 is 6.30 Å². The van der Waals surface area contributed by atoms with E-state index in [9.17, 15) is 0 Å². The van der Waals surface area contributed by atoms with E-state index in [1.54, 1.807) is 0 Å². The van der Waals surface area contributed by atoms with E-state index in [4.69, 9.17) is 0 Å². The molecule has 0 aliphatic rings. The van der Waals surface area contributed by atoms with Gasteiger partial charge in [0.1, 0.15) is 11.4 Å². The van der Waals surface area contributed by atoms with Gasteiger partial charge in [-0.2, -0.15) is 4.39 Å². The molecule has 0 aromatic heterocycles. The maximum atomic E-state index is 15.6. The second-order valence-electron chi connectivity index (χ2n) is 6.19. The van der Waals surface area contributed by atoms with E-state index in [1.807, 2.05) is 36.4 Å². The van der Waals surface area contributed by atoms with Crippen LogP contribution in [0, 0.1) is 0 Å². The van der Waals surface area contributed by atoms with Crippen molar-refractivity contribution in [2.45, 2.75) is 52.2 Å². The minimum Gasteiger partial charge on any atom is -0.230 e. The summed E-state index contributed by atoms with van der Waals surface area (Å²) >= 11 is 0. The van der Waals surface area contributed by atoms with Crippen LogP contribution in [0.5, 0.6) is 0 Å². The van der Waals surface area contributed by atoms with Crippen LogP contribution in [-0.4, -0.2) is 12.8 Å². The zero-order valence-corrected chi connectivity index (χ0v) is 14.4. The maximum Gasteiger partial charge on any atom is 0.241 e. The van der Waals surface area contributed by atoms with E-state index in [1.165, 1.54) is 0 Å². The Balaban J connectivity index is 2.47. The number of hydrogen-bond donors (Lipinski definition) is 0. The molecule has 2 aromatic carbocycles. The monoisotopic (exact) mass is 314 g/mol. The molecular formula is C21H29FN+. The summed E-state index contributed by atoms with van der Waals surface area (Å²) in [4.78, 5) is 0. The summed E-state index contributed by atoms with van der Waals surface area (Å²) in [6.45, 7) is 5.08. The quantitative estimate of drug-likeness (QED) is 0.277. The Kier molecular flexibility index (Phi) is 6.79. The lowest BCUT2D eigenvalue weighted by atomic mass is 10.1. The Bertz CT molecular complexity index is 513. The van der Waals surface area contributed by atoms with Gasteiger partial charge in [0.25, 0.3) is 0 Å². The molecule has 2 aromatic rings. The molecule has 2 heteroatoms. The van der Waals surface area contributed by atoms with Crippen molar-refractivity contribution in [1.82, 2.24) is 4.48 Å². The van der Waals surface area contributed by atoms with Gasteiger partial charge in [-0.25, -0.2) is 4.48 Å². The van der Waals surface area contributed by atoms with Crippen molar-refractivity contribution in [1.29, 1.82) is 0 Å². The highest BCUT2D eigenvalue weighted by molar-refractivity contribution is 5.58.